The highest BCUT2D eigenvalue weighted by molar-refractivity contribution is 5.96. The first-order valence-corrected chi connectivity index (χ1v) is 8.88. The van der Waals surface area contributed by atoms with Crippen molar-refractivity contribution in [2.45, 2.75) is 12.8 Å². The minimum atomic E-state index is -0.279. The summed E-state index contributed by atoms with van der Waals surface area (Å²) in [4.78, 5) is 35.1. The number of hydrogen-bond acceptors (Lipinski definition) is 5. The van der Waals surface area contributed by atoms with Gasteiger partial charge in [0.15, 0.2) is 5.78 Å². The molecule has 0 unspecified atom stereocenters. The summed E-state index contributed by atoms with van der Waals surface area (Å²) < 4.78 is 5.66. The predicted octanol–water partition coefficient (Wildman–Crippen LogP) is 3.93. The lowest BCUT2D eigenvalue weighted by Gasteiger charge is -2.07. The predicted molar refractivity (Wildman–Crippen MR) is 106 cm³/mol. The van der Waals surface area contributed by atoms with Gasteiger partial charge in [-0.3, -0.25) is 19.6 Å². The number of aromatic nitrogens is 3. The van der Waals surface area contributed by atoms with Crippen molar-refractivity contribution >= 4 is 16.7 Å². The largest absolute Gasteiger partial charge is 0.426 e. The highest BCUT2D eigenvalue weighted by Gasteiger charge is 2.07. The van der Waals surface area contributed by atoms with E-state index in [1.807, 2.05) is 42.5 Å². The molecule has 6 heteroatoms. The van der Waals surface area contributed by atoms with Gasteiger partial charge in [0.1, 0.15) is 5.75 Å². The maximum Gasteiger partial charge on any atom is 0.302 e. The number of Topliss-reactive ketones (excluding diaryl/α,β-unsaturated/α-hetero) is 1. The van der Waals surface area contributed by atoms with Gasteiger partial charge in [-0.05, 0) is 30.2 Å². The number of hydrogen-bond donors (Lipinski definition) is 1. The molecule has 0 bridgehead atoms. The van der Waals surface area contributed by atoms with E-state index in [1.54, 1.807) is 24.4 Å². The van der Waals surface area contributed by atoms with Crippen LogP contribution in [0.25, 0.3) is 10.9 Å². The summed E-state index contributed by atoms with van der Waals surface area (Å²) in [6.45, 7) is 0. The molecule has 2 heterocycles. The highest BCUT2D eigenvalue weighted by atomic mass is 16.5. The molecule has 138 valence electrons. The summed E-state index contributed by atoms with van der Waals surface area (Å²) in [5, 5.41) is 0.459. The maximum absolute atomic E-state index is 12.2. The number of ketones is 1. The fourth-order valence-electron chi connectivity index (χ4n) is 2.88. The van der Waals surface area contributed by atoms with E-state index < -0.39 is 0 Å². The smallest absolute Gasteiger partial charge is 0.302 e. The van der Waals surface area contributed by atoms with E-state index in [-0.39, 0.29) is 17.4 Å². The zero-order valence-electron chi connectivity index (χ0n) is 15.0. The van der Waals surface area contributed by atoms with Crippen molar-refractivity contribution in [3.63, 3.8) is 0 Å². The Morgan fingerprint density at radius 2 is 1.79 bits per heavy atom. The van der Waals surface area contributed by atoms with Gasteiger partial charge in [-0.1, -0.05) is 42.5 Å². The molecule has 0 saturated heterocycles. The lowest BCUT2D eigenvalue weighted by atomic mass is 10.0. The van der Waals surface area contributed by atoms with Crippen LogP contribution < -0.4 is 10.3 Å². The standard InChI is InChI=1S/C22H17N3O3/c26-20(16-4-2-1-3-5-16)11-8-15-6-9-17(10-7-15)28-22-24-19-14-23-13-12-18(19)21(27)25-22/h1-7,9-10,12-14H,8,11H2,(H,24,25,27). The third kappa shape index (κ3) is 3.96. The van der Waals surface area contributed by atoms with E-state index in [0.29, 0.717) is 29.5 Å². The van der Waals surface area contributed by atoms with E-state index in [1.165, 1.54) is 6.20 Å². The van der Waals surface area contributed by atoms with Crippen LogP contribution >= 0.6 is 0 Å². The van der Waals surface area contributed by atoms with E-state index in [9.17, 15) is 9.59 Å². The SMILES string of the molecule is O=C(CCc1ccc(Oc2nc3cnccc3c(=O)[nH]2)cc1)c1ccccc1. The van der Waals surface area contributed by atoms with Gasteiger partial charge in [0.2, 0.25) is 0 Å². The second kappa shape index (κ2) is 7.84. The third-order valence-electron chi connectivity index (χ3n) is 4.36. The molecule has 0 aliphatic carbocycles. The van der Waals surface area contributed by atoms with Gasteiger partial charge in [-0.15, -0.1) is 0 Å². The van der Waals surface area contributed by atoms with Crippen molar-refractivity contribution in [2.75, 3.05) is 0 Å². The number of carbonyl (C=O) groups is 1. The summed E-state index contributed by atoms with van der Waals surface area (Å²) in [6, 6.07) is 18.4. The molecule has 2 aromatic carbocycles. The fraction of sp³-hybridized carbons (Fsp3) is 0.0909. The number of carbonyl (C=O) groups excluding carboxylic acids is 1. The molecule has 0 radical (unpaired) electrons. The Hall–Kier alpha value is -3.80. The number of nitrogens with one attached hydrogen (secondary N) is 1. The van der Waals surface area contributed by atoms with Crippen molar-refractivity contribution < 1.29 is 9.53 Å². The van der Waals surface area contributed by atoms with Crippen LogP contribution in [-0.4, -0.2) is 20.7 Å². The molecule has 0 spiro atoms. The minimum absolute atomic E-state index is 0.109. The molecule has 0 fully saturated rings. The molecular weight excluding hydrogens is 354 g/mol. The van der Waals surface area contributed by atoms with Crippen molar-refractivity contribution in [3.8, 4) is 11.8 Å². The Balaban J connectivity index is 1.42. The first kappa shape index (κ1) is 17.6. The second-order valence-electron chi connectivity index (χ2n) is 6.30. The number of benzene rings is 2. The zero-order valence-corrected chi connectivity index (χ0v) is 15.0. The first-order chi connectivity index (χ1) is 13.7. The monoisotopic (exact) mass is 371 g/mol. The number of H-pyrrole nitrogens is 1. The summed E-state index contributed by atoms with van der Waals surface area (Å²) in [6.07, 6.45) is 4.15. The number of fused-ring (bicyclic) bond motifs is 1. The molecule has 28 heavy (non-hydrogen) atoms. The lowest BCUT2D eigenvalue weighted by Crippen LogP contribution is -2.09. The molecule has 6 nitrogen and oxygen atoms in total. The summed E-state index contributed by atoms with van der Waals surface area (Å²) in [5.41, 5.74) is 1.94. The Morgan fingerprint density at radius 3 is 2.57 bits per heavy atom. The molecule has 0 amide bonds. The Kier molecular flexibility index (Phi) is 4.93. The minimum Gasteiger partial charge on any atom is -0.426 e. The van der Waals surface area contributed by atoms with Crippen molar-refractivity contribution in [3.05, 3.63) is 94.5 Å². The number of pyridine rings is 1. The molecule has 0 aliphatic rings. The van der Waals surface area contributed by atoms with Gasteiger partial charge in [-0.25, -0.2) is 0 Å². The topological polar surface area (TPSA) is 84.9 Å². The van der Waals surface area contributed by atoms with Gasteiger partial charge in [0.05, 0.1) is 17.1 Å². The number of aromatic amines is 1. The Morgan fingerprint density at radius 1 is 1.00 bits per heavy atom. The summed E-state index contributed by atoms with van der Waals surface area (Å²) >= 11 is 0. The number of rotatable bonds is 6. The molecule has 4 aromatic rings. The highest BCUT2D eigenvalue weighted by Crippen LogP contribution is 2.20. The average Bonchev–Trinajstić information content (AvgIpc) is 2.74. The normalized spacial score (nSPS) is 10.7. The van der Waals surface area contributed by atoms with Crippen LogP contribution in [-0.2, 0) is 6.42 Å². The zero-order chi connectivity index (χ0) is 19.3. The molecule has 0 saturated carbocycles. The molecule has 2 aromatic heterocycles. The Labute approximate surface area is 160 Å². The van der Waals surface area contributed by atoms with E-state index >= 15 is 0 Å². The molecular formula is C22H17N3O3. The van der Waals surface area contributed by atoms with E-state index in [2.05, 4.69) is 15.0 Å². The number of ether oxygens (including phenoxy) is 1. The lowest BCUT2D eigenvalue weighted by molar-refractivity contribution is 0.0983. The summed E-state index contributed by atoms with van der Waals surface area (Å²) in [7, 11) is 0. The van der Waals surface area contributed by atoms with Crippen LogP contribution in [0, 0.1) is 0 Å². The van der Waals surface area contributed by atoms with Crippen molar-refractivity contribution in [1.82, 2.24) is 15.0 Å². The van der Waals surface area contributed by atoms with Gasteiger partial charge in [0.25, 0.3) is 5.56 Å². The first-order valence-electron chi connectivity index (χ1n) is 8.88. The van der Waals surface area contributed by atoms with Crippen LogP contribution in [0.1, 0.15) is 22.3 Å². The van der Waals surface area contributed by atoms with Crippen LogP contribution in [0.5, 0.6) is 11.8 Å². The molecule has 4 rings (SSSR count). The molecule has 0 aliphatic heterocycles. The van der Waals surface area contributed by atoms with Gasteiger partial charge < -0.3 is 4.74 Å². The quantitative estimate of drug-likeness (QED) is 0.519. The molecule has 1 N–H and O–H groups in total. The maximum atomic E-state index is 12.2. The van der Waals surface area contributed by atoms with Crippen LogP contribution in [0.2, 0.25) is 0 Å². The van der Waals surface area contributed by atoms with Gasteiger partial charge >= 0.3 is 6.01 Å². The van der Waals surface area contributed by atoms with Crippen LogP contribution in [0.3, 0.4) is 0 Å². The van der Waals surface area contributed by atoms with Crippen LogP contribution in [0.4, 0.5) is 0 Å². The van der Waals surface area contributed by atoms with Crippen molar-refractivity contribution in [1.29, 1.82) is 0 Å². The Bertz CT molecular complexity index is 1170. The average molecular weight is 371 g/mol. The van der Waals surface area contributed by atoms with Crippen LogP contribution in [0.15, 0.2) is 77.9 Å². The number of nitrogens with zero attached hydrogens (tertiary/aromatic N) is 2. The second-order valence-corrected chi connectivity index (χ2v) is 6.30. The third-order valence-corrected chi connectivity index (χ3v) is 4.36. The summed E-state index contributed by atoms with van der Waals surface area (Å²) in [5.74, 6) is 0.664. The van der Waals surface area contributed by atoms with Crippen molar-refractivity contribution in [2.24, 2.45) is 0 Å². The molecule has 0 atom stereocenters. The number of aryl methyl sites for hydroxylation is 1. The van der Waals surface area contributed by atoms with E-state index in [4.69, 9.17) is 4.74 Å². The van der Waals surface area contributed by atoms with E-state index in [0.717, 1.165) is 11.1 Å². The van der Waals surface area contributed by atoms with Gasteiger partial charge in [0, 0.05) is 18.2 Å². The fourth-order valence-corrected chi connectivity index (χ4v) is 2.88. The van der Waals surface area contributed by atoms with Gasteiger partial charge in [-0.2, -0.15) is 4.98 Å².